The van der Waals surface area contributed by atoms with E-state index in [1.54, 1.807) is 32.0 Å². The van der Waals surface area contributed by atoms with Gasteiger partial charge in [-0.15, -0.1) is 0 Å². The fraction of sp³-hybridized carbons (Fsp3) is 0.500. The first-order chi connectivity index (χ1) is 17.8. The molecule has 0 aromatic heterocycles. The number of hydrogen-bond acceptors (Lipinski definition) is 5. The van der Waals surface area contributed by atoms with Crippen LogP contribution < -0.4 is 0 Å². The summed E-state index contributed by atoms with van der Waals surface area (Å²) >= 11 is 0. The molecule has 1 heterocycles. The Labute approximate surface area is 219 Å². The van der Waals surface area contributed by atoms with Crippen molar-refractivity contribution in [3.8, 4) is 0 Å². The fourth-order valence-corrected chi connectivity index (χ4v) is 4.90. The Morgan fingerprint density at radius 3 is 2.76 bits per heavy atom. The first-order valence-electron chi connectivity index (χ1n) is 13.2. The van der Waals surface area contributed by atoms with Gasteiger partial charge in [0.1, 0.15) is 11.6 Å². The van der Waals surface area contributed by atoms with Gasteiger partial charge in [-0.25, -0.2) is 13.6 Å². The summed E-state index contributed by atoms with van der Waals surface area (Å²) in [5.41, 5.74) is 2.52. The number of esters is 1. The molecule has 37 heavy (non-hydrogen) atoms. The Morgan fingerprint density at radius 1 is 1.22 bits per heavy atom. The number of benzene rings is 2. The van der Waals surface area contributed by atoms with E-state index in [4.69, 9.17) is 9.47 Å². The largest absolute Gasteiger partial charge is 0.463 e. The van der Waals surface area contributed by atoms with E-state index in [1.165, 1.54) is 18.2 Å². The number of carbonyl (C=O) groups is 1. The van der Waals surface area contributed by atoms with Gasteiger partial charge < -0.3 is 14.6 Å². The zero-order chi connectivity index (χ0) is 26.8. The maximum atomic E-state index is 14.7. The number of likely N-dealkylation sites (tertiary alicyclic amines) is 1. The van der Waals surface area contributed by atoms with Crippen molar-refractivity contribution in [2.45, 2.75) is 71.1 Å². The Bertz CT molecular complexity index is 1060. The molecule has 1 aliphatic rings. The molecule has 0 saturated carbocycles. The molecule has 0 aliphatic carbocycles. The predicted molar refractivity (Wildman–Crippen MR) is 141 cm³/mol. The Kier molecular flexibility index (Phi) is 11.2. The van der Waals surface area contributed by atoms with Crippen LogP contribution in [0.2, 0.25) is 0 Å². The third-order valence-corrected chi connectivity index (χ3v) is 6.80. The summed E-state index contributed by atoms with van der Waals surface area (Å²) < 4.78 is 39.7. The highest BCUT2D eigenvalue weighted by Gasteiger charge is 2.27. The molecule has 5 nitrogen and oxygen atoms in total. The Morgan fingerprint density at radius 2 is 2.03 bits per heavy atom. The maximum absolute atomic E-state index is 14.7. The fourth-order valence-electron chi connectivity index (χ4n) is 4.90. The molecule has 1 unspecified atom stereocenters. The van der Waals surface area contributed by atoms with Crippen LogP contribution in [0.4, 0.5) is 8.78 Å². The third kappa shape index (κ3) is 8.45. The Hall–Kier alpha value is -2.61. The molecule has 1 aliphatic heterocycles. The number of hydrogen-bond donors (Lipinski definition) is 1. The number of rotatable bonds is 13. The topological polar surface area (TPSA) is 59.0 Å². The summed E-state index contributed by atoms with van der Waals surface area (Å²) in [4.78, 5) is 14.0. The molecular weight excluding hydrogens is 476 g/mol. The smallest absolute Gasteiger partial charge is 0.330 e. The lowest BCUT2D eigenvalue weighted by atomic mass is 9.98. The van der Waals surface area contributed by atoms with Crippen LogP contribution >= 0.6 is 0 Å². The highest BCUT2D eigenvalue weighted by atomic mass is 19.1. The normalized spacial score (nSPS) is 17.8. The van der Waals surface area contributed by atoms with Crippen LogP contribution in [0.5, 0.6) is 0 Å². The van der Waals surface area contributed by atoms with Crippen LogP contribution in [0.25, 0.3) is 6.08 Å². The van der Waals surface area contributed by atoms with Crippen LogP contribution in [0.15, 0.2) is 42.5 Å². The van der Waals surface area contributed by atoms with Crippen molar-refractivity contribution < 1.29 is 28.2 Å². The van der Waals surface area contributed by atoms with E-state index in [0.717, 1.165) is 37.8 Å². The number of aliphatic hydroxyl groups is 1. The van der Waals surface area contributed by atoms with Gasteiger partial charge in [0.15, 0.2) is 0 Å². The average molecular weight is 516 g/mol. The lowest BCUT2D eigenvalue weighted by Gasteiger charge is -2.28. The SMILES string of the molecule is CCCC(OC[C@H](O)CN1CCC[C@H]1Cc1ccc(C)c(F)c1)c1cccc(F)c1/C=C/C(=O)OCC. The van der Waals surface area contributed by atoms with Crippen molar-refractivity contribution in [3.05, 3.63) is 76.4 Å². The number of nitrogens with zero attached hydrogens (tertiary/aromatic N) is 1. The standard InChI is InChI=1S/C30H39F2NO4/c1-4-8-29(26-10-6-11-27(31)25(26)14-15-30(35)36-5-2)37-20-24(34)19-33-16-7-9-23(33)17-22-13-12-21(3)28(32)18-22/h6,10-15,18,23-24,29,34H,4-5,7-9,16-17,19-20H2,1-3H3/b15-14+/t23-,24+,29?/m0/s1. The van der Waals surface area contributed by atoms with Crippen LogP contribution in [0.1, 0.15) is 67.9 Å². The third-order valence-electron chi connectivity index (χ3n) is 6.80. The van der Waals surface area contributed by atoms with Crippen molar-refractivity contribution in [1.82, 2.24) is 4.90 Å². The molecule has 1 saturated heterocycles. The average Bonchev–Trinajstić information content (AvgIpc) is 3.29. The highest BCUT2D eigenvalue weighted by molar-refractivity contribution is 5.87. The van der Waals surface area contributed by atoms with Gasteiger partial charge in [0, 0.05) is 24.2 Å². The summed E-state index contributed by atoms with van der Waals surface area (Å²) in [6, 6.07) is 10.4. The number of ether oxygens (including phenoxy) is 2. The van der Waals surface area contributed by atoms with Crippen molar-refractivity contribution in [3.63, 3.8) is 0 Å². The van der Waals surface area contributed by atoms with E-state index >= 15 is 0 Å². The van der Waals surface area contributed by atoms with Gasteiger partial charge >= 0.3 is 5.97 Å². The van der Waals surface area contributed by atoms with E-state index in [-0.39, 0.29) is 30.6 Å². The molecule has 0 radical (unpaired) electrons. The molecule has 7 heteroatoms. The second-order valence-corrected chi connectivity index (χ2v) is 9.67. The van der Waals surface area contributed by atoms with Crippen LogP contribution in [-0.2, 0) is 20.7 Å². The minimum absolute atomic E-state index is 0.102. The van der Waals surface area contributed by atoms with Gasteiger partial charge in [-0.1, -0.05) is 37.6 Å². The zero-order valence-corrected chi connectivity index (χ0v) is 22.1. The second-order valence-electron chi connectivity index (χ2n) is 9.67. The van der Waals surface area contributed by atoms with Crippen molar-refractivity contribution in [2.24, 2.45) is 0 Å². The molecular formula is C30H39F2NO4. The number of halogens is 2. The van der Waals surface area contributed by atoms with Crippen molar-refractivity contribution in [1.29, 1.82) is 0 Å². The molecule has 2 aromatic rings. The molecule has 1 N–H and O–H groups in total. The van der Waals surface area contributed by atoms with Gasteiger partial charge in [0.2, 0.25) is 0 Å². The second kappa shape index (κ2) is 14.4. The monoisotopic (exact) mass is 515 g/mol. The molecule has 1 fully saturated rings. The van der Waals surface area contributed by atoms with Crippen LogP contribution in [0, 0.1) is 18.6 Å². The predicted octanol–water partition coefficient (Wildman–Crippen LogP) is 5.78. The van der Waals surface area contributed by atoms with Crippen LogP contribution in [-0.4, -0.2) is 54.4 Å². The number of carbonyl (C=O) groups excluding carboxylic acids is 1. The number of β-amino-alcohol motifs (C(OH)–C–C–N with tert-alkyl or cyclic N) is 1. The maximum Gasteiger partial charge on any atom is 0.330 e. The van der Waals surface area contributed by atoms with Crippen molar-refractivity contribution >= 4 is 12.0 Å². The lowest BCUT2D eigenvalue weighted by molar-refractivity contribution is -0.137. The summed E-state index contributed by atoms with van der Waals surface area (Å²) in [5, 5.41) is 10.8. The van der Waals surface area contributed by atoms with Gasteiger partial charge in [0.25, 0.3) is 0 Å². The highest BCUT2D eigenvalue weighted by Crippen LogP contribution is 2.29. The molecule has 202 valence electrons. The minimum atomic E-state index is -0.721. The van der Waals surface area contributed by atoms with E-state index in [9.17, 15) is 18.7 Å². The van der Waals surface area contributed by atoms with Gasteiger partial charge in [-0.05, 0) is 81.0 Å². The molecule has 0 spiro atoms. The summed E-state index contributed by atoms with van der Waals surface area (Å²) in [6.07, 6.45) is 5.71. The zero-order valence-electron chi connectivity index (χ0n) is 22.1. The molecule has 3 atom stereocenters. The first kappa shape index (κ1) is 29.0. The van der Waals surface area contributed by atoms with Gasteiger partial charge in [0.05, 0.1) is 25.4 Å². The van der Waals surface area contributed by atoms with Gasteiger partial charge in [-0.2, -0.15) is 0 Å². The van der Waals surface area contributed by atoms with E-state index in [0.29, 0.717) is 24.1 Å². The Balaban J connectivity index is 1.63. The first-order valence-corrected chi connectivity index (χ1v) is 13.2. The summed E-state index contributed by atoms with van der Waals surface area (Å²) in [6.45, 7) is 7.16. The summed E-state index contributed by atoms with van der Waals surface area (Å²) in [7, 11) is 0. The molecule has 3 rings (SSSR count). The summed E-state index contributed by atoms with van der Waals surface area (Å²) in [5.74, 6) is -1.17. The minimum Gasteiger partial charge on any atom is -0.463 e. The van der Waals surface area contributed by atoms with E-state index in [2.05, 4.69) is 4.90 Å². The quantitative estimate of drug-likeness (QED) is 0.271. The number of aryl methyl sites for hydroxylation is 1. The molecule has 2 aromatic carbocycles. The van der Waals surface area contributed by atoms with Crippen LogP contribution in [0.3, 0.4) is 0 Å². The van der Waals surface area contributed by atoms with E-state index < -0.39 is 24.0 Å². The van der Waals surface area contributed by atoms with Gasteiger partial charge in [-0.3, -0.25) is 4.90 Å². The van der Waals surface area contributed by atoms with Crippen molar-refractivity contribution in [2.75, 3.05) is 26.3 Å². The lowest BCUT2D eigenvalue weighted by Crippen LogP contribution is -2.39. The number of aliphatic hydroxyl groups excluding tert-OH is 1. The molecule has 0 amide bonds. The molecule has 0 bridgehead atoms. The van der Waals surface area contributed by atoms with E-state index in [1.807, 2.05) is 19.1 Å².